The van der Waals surface area contributed by atoms with Gasteiger partial charge >= 0.3 is 0 Å². The summed E-state index contributed by atoms with van der Waals surface area (Å²) in [5.74, 6) is 4.98. The predicted octanol–water partition coefficient (Wildman–Crippen LogP) is -0.398. The standard InChI is InChI=1S/C12H16N4O2/c13-6-8-5-11(17)16(7-8)10-3-1-9(2-4-10)12(18)15-14/h1-4,8H,5-7,13-14H2,(H,15,18). The van der Waals surface area contributed by atoms with Crippen molar-refractivity contribution in [2.45, 2.75) is 6.42 Å². The van der Waals surface area contributed by atoms with E-state index in [2.05, 4.69) is 5.43 Å². The third-order valence-electron chi connectivity index (χ3n) is 3.11. The first kappa shape index (κ1) is 12.5. The Morgan fingerprint density at radius 3 is 2.56 bits per heavy atom. The fourth-order valence-corrected chi connectivity index (χ4v) is 2.07. The minimum atomic E-state index is -0.353. The second kappa shape index (κ2) is 5.16. The molecule has 1 heterocycles. The van der Waals surface area contributed by atoms with Crippen molar-refractivity contribution in [3.05, 3.63) is 29.8 Å². The molecule has 0 saturated carbocycles. The number of anilines is 1. The van der Waals surface area contributed by atoms with Crippen molar-refractivity contribution in [1.82, 2.24) is 5.43 Å². The van der Waals surface area contributed by atoms with E-state index in [-0.39, 0.29) is 17.7 Å². The van der Waals surface area contributed by atoms with Crippen LogP contribution < -0.4 is 21.9 Å². The van der Waals surface area contributed by atoms with Gasteiger partial charge < -0.3 is 10.6 Å². The van der Waals surface area contributed by atoms with Crippen LogP contribution in [-0.4, -0.2) is 24.9 Å². The fourth-order valence-electron chi connectivity index (χ4n) is 2.07. The van der Waals surface area contributed by atoms with E-state index in [1.807, 2.05) is 0 Å². The molecule has 18 heavy (non-hydrogen) atoms. The number of rotatable bonds is 3. The van der Waals surface area contributed by atoms with Crippen molar-refractivity contribution in [3.63, 3.8) is 0 Å². The van der Waals surface area contributed by atoms with Crippen LogP contribution in [0.25, 0.3) is 0 Å². The van der Waals surface area contributed by atoms with Crippen LogP contribution in [0, 0.1) is 5.92 Å². The van der Waals surface area contributed by atoms with E-state index in [4.69, 9.17) is 11.6 Å². The summed E-state index contributed by atoms with van der Waals surface area (Å²) >= 11 is 0. The lowest BCUT2D eigenvalue weighted by molar-refractivity contribution is -0.117. The zero-order chi connectivity index (χ0) is 13.1. The second-order valence-corrected chi connectivity index (χ2v) is 4.33. The molecule has 0 aromatic heterocycles. The minimum Gasteiger partial charge on any atom is -0.330 e. The second-order valence-electron chi connectivity index (χ2n) is 4.33. The molecule has 6 nitrogen and oxygen atoms in total. The number of amides is 2. The van der Waals surface area contributed by atoms with Gasteiger partial charge in [-0.05, 0) is 36.7 Å². The van der Waals surface area contributed by atoms with Crippen LogP contribution in [0.5, 0.6) is 0 Å². The monoisotopic (exact) mass is 248 g/mol. The number of nitrogens with one attached hydrogen (secondary N) is 1. The number of carbonyl (C=O) groups is 2. The first-order valence-electron chi connectivity index (χ1n) is 5.77. The van der Waals surface area contributed by atoms with Gasteiger partial charge in [0.15, 0.2) is 0 Å². The van der Waals surface area contributed by atoms with Crippen molar-refractivity contribution in [3.8, 4) is 0 Å². The Morgan fingerprint density at radius 2 is 2.06 bits per heavy atom. The molecule has 1 atom stereocenters. The molecular formula is C12H16N4O2. The van der Waals surface area contributed by atoms with Crippen molar-refractivity contribution < 1.29 is 9.59 Å². The van der Waals surface area contributed by atoms with Crippen molar-refractivity contribution in [2.75, 3.05) is 18.0 Å². The fraction of sp³-hybridized carbons (Fsp3) is 0.333. The topological polar surface area (TPSA) is 101 Å². The largest absolute Gasteiger partial charge is 0.330 e. The molecule has 1 fully saturated rings. The van der Waals surface area contributed by atoms with E-state index < -0.39 is 0 Å². The number of carbonyl (C=O) groups excluding carboxylic acids is 2. The molecule has 2 amide bonds. The van der Waals surface area contributed by atoms with Gasteiger partial charge in [0.1, 0.15) is 0 Å². The highest BCUT2D eigenvalue weighted by Gasteiger charge is 2.29. The van der Waals surface area contributed by atoms with E-state index in [1.165, 1.54) is 0 Å². The maximum Gasteiger partial charge on any atom is 0.265 e. The van der Waals surface area contributed by atoms with Gasteiger partial charge in [-0.3, -0.25) is 15.0 Å². The number of hydrogen-bond donors (Lipinski definition) is 3. The van der Waals surface area contributed by atoms with Gasteiger partial charge in [0.05, 0.1) is 0 Å². The Labute approximate surface area is 105 Å². The van der Waals surface area contributed by atoms with Crippen LogP contribution in [-0.2, 0) is 4.79 Å². The lowest BCUT2D eigenvalue weighted by Crippen LogP contribution is -2.30. The lowest BCUT2D eigenvalue weighted by Gasteiger charge is -2.16. The van der Waals surface area contributed by atoms with E-state index >= 15 is 0 Å². The van der Waals surface area contributed by atoms with Crippen molar-refractivity contribution in [2.24, 2.45) is 17.5 Å². The summed E-state index contributed by atoms with van der Waals surface area (Å²) in [7, 11) is 0. The Hall–Kier alpha value is -1.92. The number of hydrogen-bond acceptors (Lipinski definition) is 4. The number of benzene rings is 1. The predicted molar refractivity (Wildman–Crippen MR) is 67.6 cm³/mol. The summed E-state index contributed by atoms with van der Waals surface area (Å²) in [6, 6.07) is 6.75. The van der Waals surface area contributed by atoms with E-state index in [0.717, 1.165) is 5.69 Å². The quantitative estimate of drug-likeness (QED) is 0.385. The maximum absolute atomic E-state index is 11.8. The van der Waals surface area contributed by atoms with Gasteiger partial charge in [-0.1, -0.05) is 0 Å². The van der Waals surface area contributed by atoms with Gasteiger partial charge in [-0.2, -0.15) is 0 Å². The first-order valence-corrected chi connectivity index (χ1v) is 5.77. The van der Waals surface area contributed by atoms with E-state index in [1.54, 1.807) is 29.2 Å². The van der Waals surface area contributed by atoms with Gasteiger partial charge in [-0.15, -0.1) is 0 Å². The molecule has 1 unspecified atom stereocenters. The van der Waals surface area contributed by atoms with Gasteiger partial charge in [0, 0.05) is 24.2 Å². The molecule has 0 bridgehead atoms. The number of hydrazine groups is 1. The molecule has 0 aliphatic carbocycles. The molecule has 1 aliphatic heterocycles. The highest BCUT2D eigenvalue weighted by atomic mass is 16.2. The normalized spacial score (nSPS) is 19.1. The zero-order valence-electron chi connectivity index (χ0n) is 9.93. The summed E-state index contributed by atoms with van der Waals surface area (Å²) in [5, 5.41) is 0. The summed E-state index contributed by atoms with van der Waals surface area (Å²) < 4.78 is 0. The highest BCUT2D eigenvalue weighted by Crippen LogP contribution is 2.24. The Bertz CT molecular complexity index is 458. The molecule has 6 heteroatoms. The van der Waals surface area contributed by atoms with Crippen LogP contribution in [0.2, 0.25) is 0 Å². The SMILES string of the molecule is NCC1CC(=O)N(c2ccc(C(=O)NN)cc2)C1. The third-order valence-corrected chi connectivity index (χ3v) is 3.11. The Kier molecular flexibility index (Phi) is 3.59. The van der Waals surface area contributed by atoms with Crippen LogP contribution in [0.4, 0.5) is 5.69 Å². The van der Waals surface area contributed by atoms with Crippen LogP contribution in [0.3, 0.4) is 0 Å². The molecule has 1 saturated heterocycles. The molecule has 5 N–H and O–H groups in total. The molecule has 0 radical (unpaired) electrons. The average molecular weight is 248 g/mol. The van der Waals surface area contributed by atoms with Gasteiger partial charge in [0.2, 0.25) is 5.91 Å². The molecule has 1 aromatic carbocycles. The van der Waals surface area contributed by atoms with E-state index in [9.17, 15) is 9.59 Å². The summed E-state index contributed by atoms with van der Waals surface area (Å²) in [5.41, 5.74) is 8.88. The average Bonchev–Trinajstić information content (AvgIpc) is 2.79. The summed E-state index contributed by atoms with van der Waals surface area (Å²) in [4.78, 5) is 24.8. The summed E-state index contributed by atoms with van der Waals surface area (Å²) in [6.45, 7) is 1.15. The highest BCUT2D eigenvalue weighted by molar-refractivity contribution is 5.97. The third kappa shape index (κ3) is 2.34. The number of nitrogens with zero attached hydrogens (tertiary/aromatic N) is 1. The lowest BCUT2D eigenvalue weighted by atomic mass is 10.1. The molecular weight excluding hydrogens is 232 g/mol. The molecule has 96 valence electrons. The number of nitrogen functional groups attached to an aromatic ring is 1. The Morgan fingerprint density at radius 1 is 1.39 bits per heavy atom. The van der Waals surface area contributed by atoms with Crippen molar-refractivity contribution in [1.29, 1.82) is 0 Å². The van der Waals surface area contributed by atoms with Gasteiger partial charge in [-0.25, -0.2) is 5.84 Å². The van der Waals surface area contributed by atoms with Crippen LogP contribution in [0.1, 0.15) is 16.8 Å². The van der Waals surface area contributed by atoms with E-state index in [0.29, 0.717) is 25.1 Å². The Balaban J connectivity index is 2.15. The van der Waals surface area contributed by atoms with Crippen LogP contribution in [0.15, 0.2) is 24.3 Å². The van der Waals surface area contributed by atoms with Crippen molar-refractivity contribution >= 4 is 17.5 Å². The minimum absolute atomic E-state index is 0.0708. The molecule has 1 aromatic rings. The van der Waals surface area contributed by atoms with Gasteiger partial charge in [0.25, 0.3) is 5.91 Å². The number of nitrogens with two attached hydrogens (primary N) is 2. The molecule has 1 aliphatic rings. The smallest absolute Gasteiger partial charge is 0.265 e. The maximum atomic E-state index is 11.8. The zero-order valence-corrected chi connectivity index (χ0v) is 9.93. The first-order chi connectivity index (χ1) is 8.65. The summed E-state index contributed by atoms with van der Waals surface area (Å²) in [6.07, 6.45) is 0.488. The van der Waals surface area contributed by atoms with Crippen LogP contribution >= 0.6 is 0 Å². The molecule has 0 spiro atoms. The molecule has 2 rings (SSSR count).